The molecule has 2 nitrogen and oxygen atoms in total. The highest BCUT2D eigenvalue weighted by molar-refractivity contribution is 5.82. The van der Waals surface area contributed by atoms with Gasteiger partial charge in [0.2, 0.25) is 11.4 Å². The topological polar surface area (TPSA) is 25.3 Å². The average molecular weight is 765 g/mol. The fourth-order valence-electron chi connectivity index (χ4n) is 8.97. The van der Waals surface area contributed by atoms with Gasteiger partial charge >= 0.3 is 0 Å². The predicted molar refractivity (Wildman–Crippen MR) is 248 cm³/mol. The van der Waals surface area contributed by atoms with Crippen LogP contribution in [0.1, 0.15) is 255 Å². The SMILES string of the molecule is CCCCCCCCC1=C(c2cc(CCCCC)cc(CCCCCCCC)c2)[N+](=[N-])C(c2cc(CCCCC)cc(CCCCCCCC)c2)=C1CCCC. The summed E-state index contributed by atoms with van der Waals surface area (Å²) in [7, 11) is 0. The van der Waals surface area contributed by atoms with Gasteiger partial charge in [0.05, 0.1) is 0 Å². The summed E-state index contributed by atoms with van der Waals surface area (Å²) in [6, 6.07) is 14.9. The molecule has 1 heterocycles. The Bertz CT molecular complexity index is 1440. The zero-order valence-corrected chi connectivity index (χ0v) is 38.0. The van der Waals surface area contributed by atoms with Crippen molar-refractivity contribution < 1.29 is 4.70 Å². The molecule has 0 spiro atoms. The van der Waals surface area contributed by atoms with Crippen LogP contribution in [-0.2, 0) is 25.7 Å². The molecule has 0 N–H and O–H groups in total. The van der Waals surface area contributed by atoms with Crippen LogP contribution in [-0.4, -0.2) is 4.70 Å². The van der Waals surface area contributed by atoms with Crippen molar-refractivity contribution in [2.75, 3.05) is 0 Å². The van der Waals surface area contributed by atoms with Crippen LogP contribution in [0.3, 0.4) is 0 Å². The number of unbranched alkanes of at least 4 members (excludes halogenated alkanes) is 20. The first-order valence-electron chi connectivity index (χ1n) is 24.7. The summed E-state index contributed by atoms with van der Waals surface area (Å²) in [5, 5.41) is 0. The molecule has 0 radical (unpaired) electrons. The number of hydrogen-bond acceptors (Lipinski definition) is 0. The summed E-state index contributed by atoms with van der Waals surface area (Å²) < 4.78 is 1.71. The first-order valence-corrected chi connectivity index (χ1v) is 24.7. The summed E-state index contributed by atoms with van der Waals surface area (Å²) in [6.45, 7) is 13.9. The minimum Gasteiger partial charge on any atom is -0.493 e. The van der Waals surface area contributed by atoms with Crippen molar-refractivity contribution in [2.45, 2.75) is 247 Å². The predicted octanol–water partition coefficient (Wildman–Crippen LogP) is 18.1. The van der Waals surface area contributed by atoms with E-state index in [0.717, 1.165) is 62.8 Å². The lowest BCUT2D eigenvalue weighted by molar-refractivity contribution is -0.345. The second kappa shape index (κ2) is 29.7. The zero-order valence-electron chi connectivity index (χ0n) is 38.0. The van der Waals surface area contributed by atoms with Crippen molar-refractivity contribution in [3.63, 3.8) is 0 Å². The maximum Gasteiger partial charge on any atom is 0.211 e. The van der Waals surface area contributed by atoms with E-state index >= 15 is 0 Å². The maximum atomic E-state index is 12.8. The lowest BCUT2D eigenvalue weighted by Crippen LogP contribution is -2.05. The Morgan fingerprint density at radius 1 is 0.304 bits per heavy atom. The fourth-order valence-corrected chi connectivity index (χ4v) is 8.97. The standard InChI is InChI=1S/C54H88N2/c1-7-13-19-22-25-30-35-47-39-45(33-28-16-10-4)41-49(43-47)53-51(37-18-12-6)52(38-32-27-24-21-15-9-3)54(56(53)55)50-42-46(34-29-17-11-5)40-48(44-50)36-31-26-23-20-14-8-2/h39-44H,7-38H2,1-6H3. The number of hydrogen-bond donors (Lipinski definition) is 0. The number of allylic oxidation sites excluding steroid dienone is 2. The Kier molecular flexibility index (Phi) is 25.4. The second-order valence-corrected chi connectivity index (χ2v) is 17.6. The first kappa shape index (κ1) is 47.9. The molecule has 1 aliphatic heterocycles. The second-order valence-electron chi connectivity index (χ2n) is 17.6. The Balaban J connectivity index is 2.11. The molecule has 0 bridgehead atoms. The van der Waals surface area contributed by atoms with E-state index in [0.29, 0.717) is 0 Å². The van der Waals surface area contributed by atoms with Crippen molar-refractivity contribution in [1.82, 2.24) is 0 Å². The van der Waals surface area contributed by atoms with Gasteiger partial charge in [-0.05, 0) is 124 Å². The van der Waals surface area contributed by atoms with Crippen molar-refractivity contribution in [1.29, 1.82) is 0 Å². The van der Waals surface area contributed by atoms with Crippen molar-refractivity contribution in [2.24, 2.45) is 0 Å². The molecule has 0 aromatic heterocycles. The molecular formula is C54H88N2. The van der Waals surface area contributed by atoms with Crippen molar-refractivity contribution >= 4 is 11.4 Å². The molecule has 0 unspecified atom stereocenters. The molecule has 0 atom stereocenters. The molecule has 0 saturated carbocycles. The van der Waals surface area contributed by atoms with Gasteiger partial charge in [-0.3, -0.25) is 0 Å². The van der Waals surface area contributed by atoms with Gasteiger partial charge in [0.25, 0.3) is 0 Å². The minimum absolute atomic E-state index is 1.03. The third kappa shape index (κ3) is 17.2. The van der Waals surface area contributed by atoms with Crippen LogP contribution in [0.2, 0.25) is 0 Å². The van der Waals surface area contributed by atoms with E-state index < -0.39 is 0 Å². The van der Waals surface area contributed by atoms with Crippen LogP contribution >= 0.6 is 0 Å². The van der Waals surface area contributed by atoms with E-state index in [1.807, 2.05) is 0 Å². The lowest BCUT2D eigenvalue weighted by Gasteiger charge is -2.15. The molecule has 0 aliphatic carbocycles. The van der Waals surface area contributed by atoms with E-state index in [-0.39, 0.29) is 0 Å². The summed E-state index contributed by atoms with van der Waals surface area (Å²) in [6.07, 6.45) is 40.1. The van der Waals surface area contributed by atoms with Gasteiger partial charge in [0, 0.05) is 22.3 Å². The van der Waals surface area contributed by atoms with E-state index in [1.54, 1.807) is 4.70 Å². The molecule has 0 fully saturated rings. The molecular weight excluding hydrogens is 677 g/mol. The lowest BCUT2D eigenvalue weighted by atomic mass is 9.89. The highest BCUT2D eigenvalue weighted by atomic mass is 15.2. The normalized spacial score (nSPS) is 13.2. The van der Waals surface area contributed by atoms with Crippen molar-refractivity contribution in [3.05, 3.63) is 86.5 Å². The van der Waals surface area contributed by atoms with Crippen LogP contribution in [0, 0.1) is 0 Å². The molecule has 3 rings (SSSR count). The van der Waals surface area contributed by atoms with Crippen LogP contribution in [0.4, 0.5) is 0 Å². The largest absolute Gasteiger partial charge is 0.493 e. The molecule has 2 aromatic carbocycles. The van der Waals surface area contributed by atoms with E-state index in [2.05, 4.69) is 77.9 Å². The Labute approximate surface area is 348 Å². The number of nitrogens with zero attached hydrogens (tertiary/aromatic N) is 2. The van der Waals surface area contributed by atoms with Gasteiger partial charge < -0.3 is 5.53 Å². The molecule has 0 amide bonds. The first-order chi connectivity index (χ1) is 27.5. The summed E-state index contributed by atoms with van der Waals surface area (Å²) in [4.78, 5) is 0. The summed E-state index contributed by atoms with van der Waals surface area (Å²) in [5.41, 5.74) is 26.1. The Hall–Kier alpha value is -2.48. The third-order valence-corrected chi connectivity index (χ3v) is 12.3. The molecule has 2 heteroatoms. The molecule has 2 aromatic rings. The molecule has 56 heavy (non-hydrogen) atoms. The Morgan fingerprint density at radius 2 is 0.554 bits per heavy atom. The minimum atomic E-state index is 1.03. The smallest absolute Gasteiger partial charge is 0.211 e. The van der Waals surface area contributed by atoms with Gasteiger partial charge in [-0.1, -0.05) is 182 Å². The highest BCUT2D eigenvalue weighted by Gasteiger charge is 2.35. The van der Waals surface area contributed by atoms with Crippen LogP contribution in [0.25, 0.3) is 16.9 Å². The van der Waals surface area contributed by atoms with Crippen molar-refractivity contribution in [3.8, 4) is 0 Å². The monoisotopic (exact) mass is 765 g/mol. The van der Waals surface area contributed by atoms with Crippen LogP contribution < -0.4 is 0 Å². The van der Waals surface area contributed by atoms with Gasteiger partial charge in [-0.2, -0.15) is 0 Å². The fraction of sp³-hybridized carbons (Fsp3) is 0.704. The van der Waals surface area contributed by atoms with E-state index in [1.165, 1.54) is 199 Å². The Morgan fingerprint density at radius 3 is 0.893 bits per heavy atom. The van der Waals surface area contributed by atoms with Gasteiger partial charge in [0.1, 0.15) is 0 Å². The number of rotatable bonds is 34. The summed E-state index contributed by atoms with van der Waals surface area (Å²) >= 11 is 0. The van der Waals surface area contributed by atoms with Gasteiger partial charge in [-0.25, -0.2) is 4.70 Å². The van der Waals surface area contributed by atoms with E-state index in [4.69, 9.17) is 0 Å². The van der Waals surface area contributed by atoms with Gasteiger partial charge in [-0.15, -0.1) is 0 Å². The molecule has 314 valence electrons. The molecule has 1 aliphatic rings. The highest BCUT2D eigenvalue weighted by Crippen LogP contribution is 2.45. The maximum absolute atomic E-state index is 12.8. The number of aryl methyl sites for hydroxylation is 4. The third-order valence-electron chi connectivity index (χ3n) is 12.3. The van der Waals surface area contributed by atoms with Crippen LogP contribution in [0.15, 0.2) is 47.5 Å². The quantitative estimate of drug-likeness (QED) is 0.0501. The average Bonchev–Trinajstić information content (AvgIpc) is 3.48. The summed E-state index contributed by atoms with van der Waals surface area (Å²) in [5.74, 6) is 0. The number of benzene rings is 2. The zero-order chi connectivity index (χ0) is 40.2. The van der Waals surface area contributed by atoms with Crippen LogP contribution in [0.5, 0.6) is 0 Å². The molecule has 0 saturated heterocycles. The van der Waals surface area contributed by atoms with Gasteiger partial charge in [0.15, 0.2) is 0 Å². The van der Waals surface area contributed by atoms with E-state index in [9.17, 15) is 5.53 Å².